The molecular formula is C21H18O5. The van der Waals surface area contributed by atoms with Crippen molar-refractivity contribution in [2.75, 3.05) is 13.9 Å². The fourth-order valence-corrected chi connectivity index (χ4v) is 3.71. The van der Waals surface area contributed by atoms with Gasteiger partial charge in [-0.3, -0.25) is 0 Å². The summed E-state index contributed by atoms with van der Waals surface area (Å²) >= 11 is 0. The van der Waals surface area contributed by atoms with E-state index in [1.54, 1.807) is 7.11 Å². The van der Waals surface area contributed by atoms with E-state index < -0.39 is 6.10 Å². The third-order valence-electron chi connectivity index (χ3n) is 5.02. The van der Waals surface area contributed by atoms with Crippen molar-refractivity contribution in [3.63, 3.8) is 0 Å². The molecule has 0 saturated heterocycles. The van der Waals surface area contributed by atoms with Crippen molar-refractivity contribution < 1.29 is 24.1 Å². The van der Waals surface area contributed by atoms with Gasteiger partial charge >= 0.3 is 0 Å². The maximum Gasteiger partial charge on any atom is 0.231 e. The van der Waals surface area contributed by atoms with Gasteiger partial charge in [-0.15, -0.1) is 0 Å². The van der Waals surface area contributed by atoms with E-state index in [1.165, 1.54) is 0 Å². The maximum atomic E-state index is 10.7. The lowest BCUT2D eigenvalue weighted by Gasteiger charge is -2.31. The molecule has 0 fully saturated rings. The fourth-order valence-electron chi connectivity index (χ4n) is 3.71. The van der Waals surface area contributed by atoms with Gasteiger partial charge in [-0.05, 0) is 17.5 Å². The van der Waals surface area contributed by atoms with Crippen molar-refractivity contribution in [3.8, 4) is 23.0 Å². The number of methoxy groups -OCH3 is 1. The van der Waals surface area contributed by atoms with Gasteiger partial charge < -0.3 is 24.1 Å². The molecule has 2 aliphatic heterocycles. The molecule has 2 atom stereocenters. The van der Waals surface area contributed by atoms with Gasteiger partial charge in [-0.2, -0.15) is 0 Å². The van der Waals surface area contributed by atoms with Crippen LogP contribution in [0.4, 0.5) is 0 Å². The summed E-state index contributed by atoms with van der Waals surface area (Å²) in [6.07, 6.45) is -0.426. The average Bonchev–Trinajstić information content (AvgIpc) is 3.15. The smallest absolute Gasteiger partial charge is 0.231 e. The molecule has 2 heterocycles. The summed E-state index contributed by atoms with van der Waals surface area (Å²) in [7, 11) is 1.60. The molecule has 0 amide bonds. The summed E-state index contributed by atoms with van der Waals surface area (Å²) in [5.41, 5.74) is 1.72. The van der Waals surface area contributed by atoms with Crippen LogP contribution in [0, 0.1) is 0 Å². The van der Waals surface area contributed by atoms with Gasteiger partial charge in [0.1, 0.15) is 11.9 Å². The van der Waals surface area contributed by atoms with Gasteiger partial charge in [0, 0.05) is 22.9 Å². The largest absolute Gasteiger partial charge is 0.493 e. The third-order valence-corrected chi connectivity index (χ3v) is 5.02. The molecule has 3 aromatic rings. The van der Waals surface area contributed by atoms with Gasteiger partial charge in [-0.1, -0.05) is 36.4 Å². The fraction of sp³-hybridized carbons (Fsp3) is 0.238. The van der Waals surface area contributed by atoms with E-state index >= 15 is 0 Å². The predicted octanol–water partition coefficient (Wildman–Crippen LogP) is 4.13. The standard InChI is InChI=1S/C21H18O5/c1-23-18-8-13(9-19-21(18)25-11-24-19)17-10-16(22)15-7-6-12-4-2-3-5-14(12)20(15)26-17/h2-9,16-17,22H,10-11H2,1H3/t16?,17-/m0/s1. The van der Waals surface area contributed by atoms with Crippen LogP contribution in [0.3, 0.4) is 0 Å². The van der Waals surface area contributed by atoms with Crippen LogP contribution in [-0.4, -0.2) is 19.0 Å². The van der Waals surface area contributed by atoms with Crippen molar-refractivity contribution in [1.82, 2.24) is 0 Å². The van der Waals surface area contributed by atoms with Crippen LogP contribution in [-0.2, 0) is 0 Å². The summed E-state index contributed by atoms with van der Waals surface area (Å²) in [4.78, 5) is 0. The quantitative estimate of drug-likeness (QED) is 0.753. The van der Waals surface area contributed by atoms with Crippen molar-refractivity contribution in [2.24, 2.45) is 0 Å². The molecular weight excluding hydrogens is 332 g/mol. The molecule has 5 rings (SSSR count). The lowest BCUT2D eigenvalue weighted by Crippen LogP contribution is -2.19. The Bertz CT molecular complexity index is 997. The van der Waals surface area contributed by atoms with Crippen LogP contribution in [0.2, 0.25) is 0 Å². The Morgan fingerprint density at radius 1 is 1.04 bits per heavy atom. The van der Waals surface area contributed by atoms with E-state index in [1.807, 2.05) is 48.5 Å². The maximum absolute atomic E-state index is 10.7. The van der Waals surface area contributed by atoms with Gasteiger partial charge in [0.25, 0.3) is 0 Å². The number of aliphatic hydroxyl groups excluding tert-OH is 1. The summed E-state index contributed by atoms with van der Waals surface area (Å²) in [6, 6.07) is 15.8. The zero-order valence-electron chi connectivity index (χ0n) is 14.3. The SMILES string of the molecule is COc1cc([C@@H]2CC(O)c3ccc4ccccc4c3O2)cc2c1OCO2. The molecule has 3 aromatic carbocycles. The Morgan fingerprint density at radius 2 is 1.92 bits per heavy atom. The van der Waals surface area contributed by atoms with Crippen molar-refractivity contribution in [2.45, 2.75) is 18.6 Å². The Hall–Kier alpha value is -2.92. The molecule has 0 spiro atoms. The predicted molar refractivity (Wildman–Crippen MR) is 96.0 cm³/mol. The topological polar surface area (TPSA) is 57.2 Å². The zero-order chi connectivity index (χ0) is 17.7. The molecule has 5 nitrogen and oxygen atoms in total. The molecule has 26 heavy (non-hydrogen) atoms. The molecule has 5 heteroatoms. The molecule has 0 saturated carbocycles. The third kappa shape index (κ3) is 2.28. The Kier molecular flexibility index (Phi) is 3.43. The lowest BCUT2D eigenvalue weighted by atomic mass is 9.92. The minimum Gasteiger partial charge on any atom is -0.493 e. The first-order valence-electron chi connectivity index (χ1n) is 8.58. The lowest BCUT2D eigenvalue weighted by molar-refractivity contribution is 0.0670. The summed E-state index contributed by atoms with van der Waals surface area (Å²) < 4.78 is 22.8. The minimum absolute atomic E-state index is 0.177. The van der Waals surface area contributed by atoms with Crippen LogP contribution < -0.4 is 18.9 Å². The second-order valence-electron chi connectivity index (χ2n) is 6.52. The van der Waals surface area contributed by atoms with E-state index in [-0.39, 0.29) is 12.9 Å². The highest BCUT2D eigenvalue weighted by Crippen LogP contribution is 2.48. The van der Waals surface area contributed by atoms with Crippen LogP contribution >= 0.6 is 0 Å². The first kappa shape index (κ1) is 15.3. The van der Waals surface area contributed by atoms with E-state index in [4.69, 9.17) is 18.9 Å². The summed E-state index contributed by atoms with van der Waals surface area (Å²) in [5, 5.41) is 12.8. The van der Waals surface area contributed by atoms with Crippen LogP contribution in [0.5, 0.6) is 23.0 Å². The summed E-state index contributed by atoms with van der Waals surface area (Å²) in [6.45, 7) is 0.177. The Morgan fingerprint density at radius 3 is 2.81 bits per heavy atom. The van der Waals surface area contributed by atoms with Crippen LogP contribution in [0.15, 0.2) is 48.5 Å². The van der Waals surface area contributed by atoms with Gasteiger partial charge in [0.2, 0.25) is 12.5 Å². The number of ether oxygens (including phenoxy) is 4. The van der Waals surface area contributed by atoms with Gasteiger partial charge in [0.05, 0.1) is 13.2 Å². The minimum atomic E-state index is -0.593. The van der Waals surface area contributed by atoms with Crippen LogP contribution in [0.25, 0.3) is 10.8 Å². The van der Waals surface area contributed by atoms with Crippen molar-refractivity contribution >= 4 is 10.8 Å². The number of fused-ring (bicyclic) bond motifs is 4. The van der Waals surface area contributed by atoms with Crippen molar-refractivity contribution in [3.05, 3.63) is 59.7 Å². The molecule has 1 unspecified atom stereocenters. The number of aliphatic hydroxyl groups is 1. The Labute approximate surface area is 150 Å². The monoisotopic (exact) mass is 350 g/mol. The second-order valence-corrected chi connectivity index (χ2v) is 6.52. The highest BCUT2D eigenvalue weighted by atomic mass is 16.7. The average molecular weight is 350 g/mol. The van der Waals surface area contributed by atoms with Crippen LogP contribution in [0.1, 0.15) is 29.8 Å². The summed E-state index contributed by atoms with van der Waals surface area (Å²) in [5.74, 6) is 2.60. The van der Waals surface area contributed by atoms with E-state index in [9.17, 15) is 5.11 Å². The van der Waals surface area contributed by atoms with Gasteiger partial charge in [-0.25, -0.2) is 0 Å². The van der Waals surface area contributed by atoms with Crippen molar-refractivity contribution in [1.29, 1.82) is 0 Å². The molecule has 2 aliphatic rings. The highest BCUT2D eigenvalue weighted by Gasteiger charge is 2.31. The highest BCUT2D eigenvalue weighted by molar-refractivity contribution is 5.90. The van der Waals surface area contributed by atoms with E-state index in [0.717, 1.165) is 27.6 Å². The first-order valence-corrected chi connectivity index (χ1v) is 8.58. The van der Waals surface area contributed by atoms with E-state index in [2.05, 4.69) is 0 Å². The molecule has 0 radical (unpaired) electrons. The molecule has 1 N–H and O–H groups in total. The molecule has 0 aliphatic carbocycles. The Balaban J connectivity index is 1.60. The number of hydrogen-bond acceptors (Lipinski definition) is 5. The number of rotatable bonds is 2. The second kappa shape index (κ2) is 5.81. The number of benzene rings is 3. The molecule has 0 bridgehead atoms. The van der Waals surface area contributed by atoms with E-state index in [0.29, 0.717) is 23.7 Å². The number of hydrogen-bond donors (Lipinski definition) is 1. The zero-order valence-corrected chi connectivity index (χ0v) is 14.3. The normalized spacial score (nSPS) is 20.5. The molecule has 0 aromatic heterocycles. The van der Waals surface area contributed by atoms with Gasteiger partial charge in [0.15, 0.2) is 11.5 Å². The molecule has 132 valence electrons. The first-order chi connectivity index (χ1) is 12.7.